The first-order valence-corrected chi connectivity index (χ1v) is 4.13. The minimum absolute atomic E-state index is 0.892. The Balaban J connectivity index is 2.05. The molecule has 1 aliphatic carbocycles. The summed E-state index contributed by atoms with van der Waals surface area (Å²) in [5, 5.41) is 0. The highest BCUT2D eigenvalue weighted by Crippen LogP contribution is 2.35. The van der Waals surface area contributed by atoms with Gasteiger partial charge in [-0.1, -0.05) is 11.6 Å². The van der Waals surface area contributed by atoms with Crippen LogP contribution >= 0.6 is 0 Å². The minimum atomic E-state index is 0.892. The molecule has 0 spiro atoms. The van der Waals surface area contributed by atoms with E-state index in [1.165, 1.54) is 19.4 Å². The lowest BCUT2D eigenvalue weighted by Crippen LogP contribution is -2.54. The molecule has 2 unspecified atom stereocenters. The highest BCUT2D eigenvalue weighted by Gasteiger charge is 2.36. The van der Waals surface area contributed by atoms with E-state index in [2.05, 4.69) is 24.9 Å². The normalized spacial score (nSPS) is 40.0. The predicted molar refractivity (Wildman–Crippen MR) is 42.9 cm³/mol. The number of hydrogen-bond acceptors (Lipinski definition) is 1. The quantitative estimate of drug-likeness (QED) is 0.459. The first-order valence-electron chi connectivity index (χ1n) is 4.13. The fraction of sp³-hybridized carbons (Fsp3) is 0.778. The maximum absolute atomic E-state index is 2.47. The van der Waals surface area contributed by atoms with E-state index in [9.17, 15) is 0 Å². The molecule has 2 aliphatic rings. The molecule has 2 rings (SSSR count). The summed E-state index contributed by atoms with van der Waals surface area (Å²) < 4.78 is 0. The molecule has 1 heteroatoms. The zero-order valence-electron chi connectivity index (χ0n) is 6.80. The van der Waals surface area contributed by atoms with E-state index in [0.717, 1.165) is 12.0 Å². The van der Waals surface area contributed by atoms with E-state index in [1.807, 2.05) is 0 Å². The van der Waals surface area contributed by atoms with Crippen LogP contribution in [-0.2, 0) is 0 Å². The fourth-order valence-electron chi connectivity index (χ4n) is 2.24. The molecule has 0 aromatic carbocycles. The van der Waals surface area contributed by atoms with Gasteiger partial charge >= 0.3 is 0 Å². The number of allylic oxidation sites excluding steroid dienone is 1. The molecule has 0 N–H and O–H groups in total. The molecule has 10 heavy (non-hydrogen) atoms. The molecule has 0 bridgehead atoms. The Labute approximate surface area is 62.7 Å². The summed E-state index contributed by atoms with van der Waals surface area (Å²) >= 11 is 0. The third-order valence-electron chi connectivity index (χ3n) is 2.92. The zero-order valence-corrected chi connectivity index (χ0v) is 6.80. The van der Waals surface area contributed by atoms with E-state index in [0.29, 0.717) is 0 Å². The molecule has 56 valence electrons. The summed E-state index contributed by atoms with van der Waals surface area (Å²) in [6.07, 6.45) is 5.05. The maximum Gasteiger partial charge on any atom is 0.0170 e. The Morgan fingerprint density at radius 1 is 1.60 bits per heavy atom. The lowest BCUT2D eigenvalue weighted by Gasteiger charge is -2.48. The Morgan fingerprint density at radius 3 is 3.00 bits per heavy atom. The molecule has 1 nitrogen and oxygen atoms in total. The largest absolute Gasteiger partial charge is 0.302 e. The van der Waals surface area contributed by atoms with E-state index >= 15 is 0 Å². The van der Waals surface area contributed by atoms with Gasteiger partial charge in [0.1, 0.15) is 0 Å². The number of likely N-dealkylation sites (tertiary alicyclic amines) is 1. The lowest BCUT2D eigenvalue weighted by molar-refractivity contribution is 0.0379. The molecule has 0 amide bonds. The fourth-order valence-corrected chi connectivity index (χ4v) is 2.24. The van der Waals surface area contributed by atoms with Gasteiger partial charge in [-0.2, -0.15) is 0 Å². The van der Waals surface area contributed by atoms with E-state index in [4.69, 9.17) is 0 Å². The molecule has 1 aliphatic heterocycles. The Kier molecular flexibility index (Phi) is 1.34. The van der Waals surface area contributed by atoms with E-state index in [1.54, 1.807) is 5.57 Å². The van der Waals surface area contributed by atoms with Gasteiger partial charge in [0.05, 0.1) is 0 Å². The number of fused-ring (bicyclic) bond motifs is 1. The summed E-state index contributed by atoms with van der Waals surface area (Å²) in [6, 6.07) is 0.892. The summed E-state index contributed by atoms with van der Waals surface area (Å²) in [5.41, 5.74) is 1.61. The summed E-state index contributed by atoms with van der Waals surface area (Å²) in [4.78, 5) is 2.47. The van der Waals surface area contributed by atoms with Crippen molar-refractivity contribution in [1.29, 1.82) is 0 Å². The van der Waals surface area contributed by atoms with Gasteiger partial charge in [-0.25, -0.2) is 0 Å². The minimum Gasteiger partial charge on any atom is -0.302 e. The van der Waals surface area contributed by atoms with E-state index in [-0.39, 0.29) is 0 Å². The van der Waals surface area contributed by atoms with Crippen molar-refractivity contribution in [1.82, 2.24) is 4.90 Å². The molecular formula is C9H15N. The van der Waals surface area contributed by atoms with Crippen LogP contribution < -0.4 is 0 Å². The highest BCUT2D eigenvalue weighted by atomic mass is 15.2. The monoisotopic (exact) mass is 137 g/mol. The average Bonchev–Trinajstić information content (AvgIpc) is 1.86. The molecule has 1 heterocycles. The first kappa shape index (κ1) is 6.41. The SMILES string of the molecule is CC1=CCC2C(C1)CN2C. The first-order chi connectivity index (χ1) is 4.77. The van der Waals surface area contributed by atoms with Crippen LogP contribution in [0, 0.1) is 5.92 Å². The van der Waals surface area contributed by atoms with E-state index < -0.39 is 0 Å². The Bertz CT molecular complexity index is 172. The van der Waals surface area contributed by atoms with Gasteiger partial charge in [-0.3, -0.25) is 0 Å². The van der Waals surface area contributed by atoms with Crippen molar-refractivity contribution in [3.8, 4) is 0 Å². The van der Waals surface area contributed by atoms with Gasteiger partial charge in [0.15, 0.2) is 0 Å². The summed E-state index contributed by atoms with van der Waals surface area (Å²) in [5.74, 6) is 0.995. The van der Waals surface area contributed by atoms with Crippen LogP contribution in [0.25, 0.3) is 0 Å². The van der Waals surface area contributed by atoms with Gasteiger partial charge in [-0.15, -0.1) is 0 Å². The molecule has 1 saturated heterocycles. The second-order valence-corrected chi connectivity index (χ2v) is 3.76. The average molecular weight is 137 g/mol. The van der Waals surface area contributed by atoms with Crippen molar-refractivity contribution in [3.05, 3.63) is 11.6 Å². The molecule has 0 aromatic heterocycles. The van der Waals surface area contributed by atoms with Crippen LogP contribution in [0.2, 0.25) is 0 Å². The van der Waals surface area contributed by atoms with Gasteiger partial charge in [0, 0.05) is 12.6 Å². The number of hydrogen-bond donors (Lipinski definition) is 0. The third-order valence-corrected chi connectivity index (χ3v) is 2.92. The molecule has 0 radical (unpaired) electrons. The molecule has 0 aromatic rings. The Hall–Kier alpha value is -0.300. The third kappa shape index (κ3) is 0.807. The lowest BCUT2D eigenvalue weighted by atomic mass is 9.78. The standard InChI is InChI=1S/C9H15N/c1-7-3-4-9-8(5-7)6-10(9)2/h3,8-9H,4-6H2,1-2H3. The van der Waals surface area contributed by atoms with Crippen LogP contribution in [0.5, 0.6) is 0 Å². The molecule has 2 atom stereocenters. The molecular weight excluding hydrogens is 122 g/mol. The summed E-state index contributed by atoms with van der Waals surface area (Å²) in [7, 11) is 2.23. The van der Waals surface area contributed by atoms with Crippen molar-refractivity contribution >= 4 is 0 Å². The van der Waals surface area contributed by atoms with Gasteiger partial charge in [-0.05, 0) is 32.7 Å². The van der Waals surface area contributed by atoms with Crippen molar-refractivity contribution in [2.24, 2.45) is 5.92 Å². The predicted octanol–water partition coefficient (Wildman–Crippen LogP) is 1.66. The topological polar surface area (TPSA) is 3.24 Å². The second-order valence-electron chi connectivity index (χ2n) is 3.76. The van der Waals surface area contributed by atoms with Gasteiger partial charge in [0.2, 0.25) is 0 Å². The van der Waals surface area contributed by atoms with Crippen molar-refractivity contribution in [2.45, 2.75) is 25.8 Å². The van der Waals surface area contributed by atoms with Gasteiger partial charge in [0.25, 0.3) is 0 Å². The van der Waals surface area contributed by atoms with Crippen molar-refractivity contribution < 1.29 is 0 Å². The van der Waals surface area contributed by atoms with Gasteiger partial charge < -0.3 is 4.90 Å². The number of nitrogens with zero attached hydrogens (tertiary/aromatic N) is 1. The molecule has 1 fully saturated rings. The highest BCUT2D eigenvalue weighted by molar-refractivity contribution is 5.11. The number of rotatable bonds is 0. The van der Waals surface area contributed by atoms with Crippen LogP contribution in [0.1, 0.15) is 19.8 Å². The van der Waals surface area contributed by atoms with Crippen LogP contribution in [-0.4, -0.2) is 24.5 Å². The van der Waals surface area contributed by atoms with Crippen LogP contribution in [0.4, 0.5) is 0 Å². The Morgan fingerprint density at radius 2 is 2.40 bits per heavy atom. The molecule has 0 saturated carbocycles. The second kappa shape index (κ2) is 2.09. The smallest absolute Gasteiger partial charge is 0.0170 e. The van der Waals surface area contributed by atoms with Crippen molar-refractivity contribution in [2.75, 3.05) is 13.6 Å². The van der Waals surface area contributed by atoms with Crippen molar-refractivity contribution in [3.63, 3.8) is 0 Å². The maximum atomic E-state index is 2.47. The van der Waals surface area contributed by atoms with Crippen LogP contribution in [0.3, 0.4) is 0 Å². The summed E-state index contributed by atoms with van der Waals surface area (Å²) in [6.45, 7) is 3.59. The van der Waals surface area contributed by atoms with Crippen LogP contribution in [0.15, 0.2) is 11.6 Å². The zero-order chi connectivity index (χ0) is 7.14.